The maximum atomic E-state index is 13.2. The van der Waals surface area contributed by atoms with Gasteiger partial charge in [0.25, 0.3) is 0 Å². The van der Waals surface area contributed by atoms with Gasteiger partial charge in [-0.15, -0.1) is 0 Å². The zero-order valence-corrected chi connectivity index (χ0v) is 10.9. The Hall–Kier alpha value is -0.940. The summed E-state index contributed by atoms with van der Waals surface area (Å²) in [5.41, 5.74) is 0.666. The zero-order valence-electron chi connectivity index (χ0n) is 10.1. The van der Waals surface area contributed by atoms with Gasteiger partial charge in [-0.05, 0) is 37.6 Å². The number of benzene rings is 1. The summed E-state index contributed by atoms with van der Waals surface area (Å²) >= 11 is 0. The summed E-state index contributed by atoms with van der Waals surface area (Å²) in [5.74, 6) is -0.549. The molecule has 1 aromatic carbocycles. The first kappa shape index (κ1) is 12.5. The third-order valence-corrected chi connectivity index (χ3v) is 6.06. The van der Waals surface area contributed by atoms with Crippen molar-refractivity contribution in [2.45, 2.75) is 30.0 Å². The Morgan fingerprint density at radius 3 is 2.53 bits per heavy atom. The minimum atomic E-state index is -3.42. The highest BCUT2D eigenvalue weighted by atomic mass is 32.2. The van der Waals surface area contributed by atoms with E-state index in [0.29, 0.717) is 5.56 Å². The average molecular weight is 257 g/mol. The second kappa shape index (κ2) is 4.07. The van der Waals surface area contributed by atoms with Crippen LogP contribution < -0.4 is 5.32 Å². The van der Waals surface area contributed by atoms with Crippen LogP contribution in [0.5, 0.6) is 0 Å². The number of halogens is 1. The predicted octanol–water partition coefficient (Wildman–Crippen LogP) is 1.90. The quantitative estimate of drug-likeness (QED) is 0.835. The first-order chi connectivity index (χ1) is 7.89. The fraction of sp³-hybridized carbons (Fsp3) is 0.500. The molecule has 0 fully saturated rings. The summed E-state index contributed by atoms with van der Waals surface area (Å²) in [6.07, 6.45) is 0. The molecule has 0 saturated carbocycles. The van der Waals surface area contributed by atoms with E-state index in [9.17, 15) is 12.8 Å². The van der Waals surface area contributed by atoms with Gasteiger partial charge >= 0.3 is 0 Å². The van der Waals surface area contributed by atoms with Crippen LogP contribution in [0.4, 0.5) is 4.39 Å². The van der Waals surface area contributed by atoms with Crippen molar-refractivity contribution in [3.63, 3.8) is 0 Å². The molecule has 1 aliphatic heterocycles. The molecule has 0 amide bonds. The SMILES string of the molecule is CNC1c2ccc(F)cc2S(=O)(=O)C(C)C1C. The Morgan fingerprint density at radius 1 is 1.29 bits per heavy atom. The largest absolute Gasteiger partial charge is 0.313 e. The summed E-state index contributed by atoms with van der Waals surface area (Å²) in [6, 6.07) is 3.94. The van der Waals surface area contributed by atoms with Gasteiger partial charge in [-0.25, -0.2) is 12.8 Å². The van der Waals surface area contributed by atoms with Gasteiger partial charge in [0.05, 0.1) is 10.1 Å². The van der Waals surface area contributed by atoms with Crippen molar-refractivity contribution in [2.75, 3.05) is 7.05 Å². The fourth-order valence-electron chi connectivity index (χ4n) is 2.47. The van der Waals surface area contributed by atoms with Crippen LogP contribution in [0.15, 0.2) is 23.1 Å². The second-order valence-electron chi connectivity index (χ2n) is 4.56. The molecule has 3 atom stereocenters. The summed E-state index contributed by atoms with van der Waals surface area (Å²) in [5, 5.41) is 2.61. The summed E-state index contributed by atoms with van der Waals surface area (Å²) < 4.78 is 37.7. The van der Waals surface area contributed by atoms with Crippen molar-refractivity contribution in [3.8, 4) is 0 Å². The van der Waals surface area contributed by atoms with Gasteiger partial charge < -0.3 is 5.32 Å². The predicted molar refractivity (Wildman–Crippen MR) is 64.0 cm³/mol. The van der Waals surface area contributed by atoms with Gasteiger partial charge in [-0.3, -0.25) is 0 Å². The Bertz CT molecular complexity index is 541. The van der Waals surface area contributed by atoms with Crippen molar-refractivity contribution >= 4 is 9.84 Å². The number of hydrogen-bond donors (Lipinski definition) is 1. The highest BCUT2D eigenvalue weighted by molar-refractivity contribution is 7.92. The second-order valence-corrected chi connectivity index (χ2v) is 6.83. The number of hydrogen-bond acceptors (Lipinski definition) is 3. The normalized spacial score (nSPS) is 30.9. The molecular formula is C12H16FNO2S. The molecule has 0 bridgehead atoms. The Labute approximate surface area is 101 Å². The molecular weight excluding hydrogens is 241 g/mol. The fourth-order valence-corrected chi connectivity index (χ4v) is 4.39. The van der Waals surface area contributed by atoms with Crippen molar-refractivity contribution in [1.82, 2.24) is 5.32 Å². The van der Waals surface area contributed by atoms with Crippen molar-refractivity contribution in [3.05, 3.63) is 29.6 Å². The van der Waals surface area contributed by atoms with E-state index in [1.807, 2.05) is 6.92 Å². The highest BCUT2D eigenvalue weighted by Crippen LogP contribution is 2.39. The molecule has 1 heterocycles. The Morgan fingerprint density at radius 2 is 1.94 bits per heavy atom. The lowest BCUT2D eigenvalue weighted by atomic mass is 9.91. The van der Waals surface area contributed by atoms with E-state index >= 15 is 0 Å². The molecule has 1 aromatic rings. The molecule has 0 saturated heterocycles. The summed E-state index contributed by atoms with van der Waals surface area (Å²) in [6.45, 7) is 3.58. The molecule has 17 heavy (non-hydrogen) atoms. The van der Waals surface area contributed by atoms with Crippen LogP contribution in [0, 0.1) is 11.7 Å². The van der Waals surface area contributed by atoms with Gasteiger partial charge in [-0.1, -0.05) is 13.0 Å². The molecule has 3 unspecified atom stereocenters. The van der Waals surface area contributed by atoms with Gasteiger partial charge in [0.2, 0.25) is 0 Å². The van der Waals surface area contributed by atoms with Crippen LogP contribution in [-0.4, -0.2) is 20.7 Å². The van der Waals surface area contributed by atoms with Crippen molar-refractivity contribution in [2.24, 2.45) is 5.92 Å². The monoisotopic (exact) mass is 257 g/mol. The van der Waals surface area contributed by atoms with E-state index in [4.69, 9.17) is 0 Å². The topological polar surface area (TPSA) is 46.2 Å². The molecule has 1 aliphatic rings. The first-order valence-corrected chi connectivity index (χ1v) is 7.15. The van der Waals surface area contributed by atoms with Gasteiger partial charge in [-0.2, -0.15) is 0 Å². The van der Waals surface area contributed by atoms with Crippen LogP contribution in [0.3, 0.4) is 0 Å². The van der Waals surface area contributed by atoms with Crippen LogP contribution >= 0.6 is 0 Å². The third-order valence-electron chi connectivity index (χ3n) is 3.68. The molecule has 0 aliphatic carbocycles. The molecule has 0 radical (unpaired) electrons. The van der Waals surface area contributed by atoms with E-state index in [2.05, 4.69) is 5.32 Å². The van der Waals surface area contributed by atoms with Gasteiger partial charge in [0.1, 0.15) is 5.82 Å². The Kier molecular flexibility index (Phi) is 2.99. The molecule has 0 aromatic heterocycles. The molecule has 94 valence electrons. The number of fused-ring (bicyclic) bond motifs is 1. The van der Waals surface area contributed by atoms with Crippen molar-refractivity contribution < 1.29 is 12.8 Å². The maximum Gasteiger partial charge on any atom is 0.181 e. The minimum absolute atomic E-state index is 0.0389. The average Bonchev–Trinajstić information content (AvgIpc) is 2.29. The highest BCUT2D eigenvalue weighted by Gasteiger charge is 2.41. The number of sulfone groups is 1. The molecule has 0 spiro atoms. The van der Waals surface area contributed by atoms with Crippen LogP contribution in [0.1, 0.15) is 25.5 Å². The summed E-state index contributed by atoms with van der Waals surface area (Å²) in [4.78, 5) is 0.127. The third kappa shape index (κ3) is 1.77. The lowest BCUT2D eigenvalue weighted by Gasteiger charge is -2.35. The molecule has 1 N–H and O–H groups in total. The Balaban J connectivity index is 2.72. The zero-order chi connectivity index (χ0) is 12.8. The van der Waals surface area contributed by atoms with E-state index in [1.54, 1.807) is 20.0 Å². The molecule has 3 nitrogen and oxygen atoms in total. The molecule has 5 heteroatoms. The van der Waals surface area contributed by atoms with Gasteiger partial charge in [0.15, 0.2) is 9.84 Å². The van der Waals surface area contributed by atoms with Crippen LogP contribution in [0.25, 0.3) is 0 Å². The van der Waals surface area contributed by atoms with Crippen LogP contribution in [-0.2, 0) is 9.84 Å². The number of rotatable bonds is 1. The van der Waals surface area contributed by atoms with E-state index in [1.165, 1.54) is 6.07 Å². The lowest BCUT2D eigenvalue weighted by molar-refractivity contribution is 0.377. The smallest absolute Gasteiger partial charge is 0.181 e. The maximum absolute atomic E-state index is 13.2. The van der Waals surface area contributed by atoms with Crippen molar-refractivity contribution in [1.29, 1.82) is 0 Å². The number of nitrogens with one attached hydrogen (secondary N) is 1. The lowest BCUT2D eigenvalue weighted by Crippen LogP contribution is -2.40. The van der Waals surface area contributed by atoms with E-state index in [0.717, 1.165) is 6.07 Å². The van der Waals surface area contributed by atoms with E-state index in [-0.39, 0.29) is 16.9 Å². The van der Waals surface area contributed by atoms with E-state index < -0.39 is 20.9 Å². The summed E-state index contributed by atoms with van der Waals surface area (Å²) in [7, 11) is -1.62. The van der Waals surface area contributed by atoms with Gasteiger partial charge in [0, 0.05) is 6.04 Å². The minimum Gasteiger partial charge on any atom is -0.313 e. The first-order valence-electron chi connectivity index (χ1n) is 5.60. The standard InChI is InChI=1S/C12H16FNO2S/c1-7-8(2)17(15,16)11-6-9(13)4-5-10(11)12(7)14-3/h4-8,12,14H,1-3H3. The molecule has 2 rings (SSSR count). The van der Waals surface area contributed by atoms with Crippen LogP contribution in [0.2, 0.25) is 0 Å².